The monoisotopic (exact) mass is 233 g/mol. The second-order valence-corrected chi connectivity index (χ2v) is 4.82. The first-order chi connectivity index (χ1) is 7.84. The van der Waals surface area contributed by atoms with Gasteiger partial charge in [0.2, 0.25) is 5.13 Å². The van der Waals surface area contributed by atoms with E-state index < -0.39 is 0 Å². The highest BCUT2D eigenvalue weighted by Crippen LogP contribution is 2.13. The van der Waals surface area contributed by atoms with Crippen LogP contribution in [0.5, 0.6) is 0 Å². The normalized spacial score (nSPS) is 10.3. The van der Waals surface area contributed by atoms with Gasteiger partial charge in [-0.25, -0.2) is 0 Å². The van der Waals surface area contributed by atoms with Crippen LogP contribution in [0.1, 0.15) is 17.0 Å². The van der Waals surface area contributed by atoms with Crippen LogP contribution in [0.25, 0.3) is 0 Å². The Balaban J connectivity index is 1.69. The molecular formula is C12H15N3S. The van der Waals surface area contributed by atoms with Crippen molar-refractivity contribution in [1.82, 2.24) is 10.2 Å². The van der Waals surface area contributed by atoms with Crippen LogP contribution in [-0.4, -0.2) is 16.7 Å². The number of benzene rings is 1. The lowest BCUT2D eigenvalue weighted by Crippen LogP contribution is -2.02. The van der Waals surface area contributed by atoms with E-state index in [1.807, 2.05) is 13.0 Å². The van der Waals surface area contributed by atoms with E-state index >= 15 is 0 Å². The van der Waals surface area contributed by atoms with Gasteiger partial charge in [0.05, 0.1) is 0 Å². The van der Waals surface area contributed by atoms with Crippen LogP contribution in [-0.2, 0) is 6.42 Å². The molecule has 0 aliphatic carbocycles. The maximum atomic E-state index is 4.02. The fourth-order valence-electron chi connectivity index (χ4n) is 1.50. The average Bonchev–Trinajstić information content (AvgIpc) is 2.72. The van der Waals surface area contributed by atoms with E-state index in [2.05, 4.69) is 39.8 Å². The topological polar surface area (TPSA) is 37.8 Å². The first-order valence-electron chi connectivity index (χ1n) is 5.42. The lowest BCUT2D eigenvalue weighted by molar-refractivity contribution is 0.858. The SMILES string of the molecule is Cc1nnc(NCCCc2ccccc2)s1. The van der Waals surface area contributed by atoms with E-state index in [-0.39, 0.29) is 0 Å². The molecule has 1 heterocycles. The first-order valence-corrected chi connectivity index (χ1v) is 6.24. The second kappa shape index (κ2) is 5.61. The molecule has 0 saturated heterocycles. The Labute approximate surface area is 99.5 Å². The van der Waals surface area contributed by atoms with Crippen molar-refractivity contribution >= 4 is 16.5 Å². The lowest BCUT2D eigenvalue weighted by atomic mass is 10.1. The molecule has 1 N–H and O–H groups in total. The van der Waals surface area contributed by atoms with Gasteiger partial charge in [0.25, 0.3) is 0 Å². The molecule has 0 spiro atoms. The van der Waals surface area contributed by atoms with E-state index in [9.17, 15) is 0 Å². The number of aryl methyl sites for hydroxylation is 2. The van der Waals surface area contributed by atoms with Gasteiger partial charge in [-0.15, -0.1) is 10.2 Å². The van der Waals surface area contributed by atoms with Crippen LogP contribution in [0.15, 0.2) is 30.3 Å². The Morgan fingerprint density at radius 3 is 2.69 bits per heavy atom. The Kier molecular flexibility index (Phi) is 3.88. The summed E-state index contributed by atoms with van der Waals surface area (Å²) in [7, 11) is 0. The van der Waals surface area contributed by atoms with Crippen LogP contribution in [0.2, 0.25) is 0 Å². The minimum Gasteiger partial charge on any atom is -0.360 e. The molecule has 84 valence electrons. The molecule has 1 aromatic heterocycles. The third-order valence-electron chi connectivity index (χ3n) is 2.29. The number of nitrogens with one attached hydrogen (secondary N) is 1. The van der Waals surface area contributed by atoms with Gasteiger partial charge < -0.3 is 5.32 Å². The summed E-state index contributed by atoms with van der Waals surface area (Å²) in [5.41, 5.74) is 1.39. The number of hydrogen-bond acceptors (Lipinski definition) is 4. The molecule has 16 heavy (non-hydrogen) atoms. The third kappa shape index (κ3) is 3.31. The Morgan fingerprint density at radius 1 is 1.19 bits per heavy atom. The maximum absolute atomic E-state index is 4.02. The molecule has 4 heteroatoms. The zero-order valence-corrected chi connectivity index (χ0v) is 10.1. The number of aromatic nitrogens is 2. The van der Waals surface area contributed by atoms with Crippen molar-refractivity contribution in [3.05, 3.63) is 40.9 Å². The maximum Gasteiger partial charge on any atom is 0.205 e. The Hall–Kier alpha value is -1.42. The first kappa shape index (κ1) is 11.1. The predicted octanol–water partition coefficient (Wildman–Crippen LogP) is 2.89. The number of hydrogen-bond donors (Lipinski definition) is 1. The summed E-state index contributed by atoms with van der Waals surface area (Å²) in [4.78, 5) is 0. The molecule has 0 aliphatic heterocycles. The minimum atomic E-state index is 0.922. The molecule has 1 aromatic carbocycles. The average molecular weight is 233 g/mol. The smallest absolute Gasteiger partial charge is 0.205 e. The molecule has 2 aromatic rings. The molecule has 0 radical (unpaired) electrons. The van der Waals surface area contributed by atoms with Gasteiger partial charge in [0, 0.05) is 6.54 Å². The van der Waals surface area contributed by atoms with E-state index in [4.69, 9.17) is 0 Å². The van der Waals surface area contributed by atoms with Crippen LogP contribution in [0, 0.1) is 6.92 Å². The summed E-state index contributed by atoms with van der Waals surface area (Å²) in [6.07, 6.45) is 2.22. The highest BCUT2D eigenvalue weighted by molar-refractivity contribution is 7.15. The van der Waals surface area contributed by atoms with Crippen molar-refractivity contribution in [2.24, 2.45) is 0 Å². The molecule has 0 saturated carbocycles. The number of rotatable bonds is 5. The quantitative estimate of drug-likeness (QED) is 0.807. The fraction of sp³-hybridized carbons (Fsp3) is 0.333. The molecule has 0 bridgehead atoms. The molecule has 0 atom stereocenters. The summed E-state index contributed by atoms with van der Waals surface area (Å²) >= 11 is 1.60. The van der Waals surface area contributed by atoms with Gasteiger partial charge in [0.15, 0.2) is 0 Å². The van der Waals surface area contributed by atoms with Gasteiger partial charge in [-0.05, 0) is 25.3 Å². The highest BCUT2D eigenvalue weighted by Gasteiger charge is 1.98. The van der Waals surface area contributed by atoms with Crippen molar-refractivity contribution < 1.29 is 0 Å². The van der Waals surface area contributed by atoms with E-state index in [0.29, 0.717) is 0 Å². The molecule has 3 nitrogen and oxygen atoms in total. The predicted molar refractivity (Wildman–Crippen MR) is 67.9 cm³/mol. The number of anilines is 1. The summed E-state index contributed by atoms with van der Waals surface area (Å²) < 4.78 is 0. The van der Waals surface area contributed by atoms with Crippen LogP contribution in [0.4, 0.5) is 5.13 Å². The van der Waals surface area contributed by atoms with Gasteiger partial charge in [-0.1, -0.05) is 41.7 Å². The largest absolute Gasteiger partial charge is 0.360 e. The van der Waals surface area contributed by atoms with Crippen LogP contribution in [0.3, 0.4) is 0 Å². The van der Waals surface area contributed by atoms with Crippen LogP contribution >= 0.6 is 11.3 Å². The van der Waals surface area contributed by atoms with Crippen molar-refractivity contribution in [3.63, 3.8) is 0 Å². The summed E-state index contributed by atoms with van der Waals surface area (Å²) in [6, 6.07) is 10.5. The van der Waals surface area contributed by atoms with Crippen molar-refractivity contribution in [2.75, 3.05) is 11.9 Å². The molecule has 0 aliphatic rings. The van der Waals surface area contributed by atoms with E-state index in [1.54, 1.807) is 11.3 Å². The lowest BCUT2D eigenvalue weighted by Gasteiger charge is -2.02. The molecule has 0 fully saturated rings. The van der Waals surface area contributed by atoms with E-state index in [0.717, 1.165) is 29.5 Å². The van der Waals surface area contributed by atoms with Crippen LogP contribution < -0.4 is 5.32 Å². The molecular weight excluding hydrogens is 218 g/mol. The second-order valence-electron chi connectivity index (χ2n) is 3.64. The Morgan fingerprint density at radius 2 is 2.00 bits per heavy atom. The van der Waals surface area contributed by atoms with Gasteiger partial charge >= 0.3 is 0 Å². The zero-order chi connectivity index (χ0) is 11.2. The number of nitrogens with zero attached hydrogens (tertiary/aromatic N) is 2. The minimum absolute atomic E-state index is 0.922. The highest BCUT2D eigenvalue weighted by atomic mass is 32.1. The van der Waals surface area contributed by atoms with Gasteiger partial charge in [0.1, 0.15) is 5.01 Å². The van der Waals surface area contributed by atoms with Gasteiger partial charge in [-0.2, -0.15) is 0 Å². The standard InChI is InChI=1S/C12H15N3S/c1-10-14-15-12(16-10)13-9-5-8-11-6-3-2-4-7-11/h2-4,6-7H,5,8-9H2,1H3,(H,13,15). The fourth-order valence-corrected chi connectivity index (χ4v) is 2.12. The van der Waals surface area contributed by atoms with Crippen molar-refractivity contribution in [3.8, 4) is 0 Å². The zero-order valence-electron chi connectivity index (χ0n) is 9.31. The molecule has 0 unspecified atom stereocenters. The van der Waals surface area contributed by atoms with Crippen molar-refractivity contribution in [1.29, 1.82) is 0 Å². The molecule has 2 rings (SSSR count). The third-order valence-corrected chi connectivity index (χ3v) is 3.08. The molecule has 0 amide bonds. The Bertz CT molecular complexity index is 425. The van der Waals surface area contributed by atoms with E-state index in [1.165, 1.54) is 5.56 Å². The summed E-state index contributed by atoms with van der Waals surface area (Å²) in [5, 5.41) is 13.2. The van der Waals surface area contributed by atoms with Gasteiger partial charge in [-0.3, -0.25) is 0 Å². The summed E-state index contributed by atoms with van der Waals surface area (Å²) in [5.74, 6) is 0. The summed E-state index contributed by atoms with van der Waals surface area (Å²) in [6.45, 7) is 2.91. The van der Waals surface area contributed by atoms with Crippen molar-refractivity contribution in [2.45, 2.75) is 19.8 Å².